The second kappa shape index (κ2) is 62.2. The number of hydrogen-bond donors (Lipinski definition) is 9. The Morgan fingerprint density at radius 2 is 0.745 bits per heavy atom. The van der Waals surface area contributed by atoms with Crippen LogP contribution in [-0.4, -0.2) is 140 Å². The summed E-state index contributed by atoms with van der Waals surface area (Å²) in [4.78, 5) is 13.3. The average molecular weight is 1310 g/mol. The van der Waals surface area contributed by atoms with Gasteiger partial charge in [0.2, 0.25) is 5.91 Å². The summed E-state index contributed by atoms with van der Waals surface area (Å²) in [5, 5.41) is 87.4. The molecule has 0 aromatic heterocycles. The first-order chi connectivity index (χ1) is 46.1. The number of nitrogens with one attached hydrogen (secondary N) is 1. The van der Waals surface area contributed by atoms with E-state index in [1.54, 1.807) is 6.08 Å². The molecule has 0 bridgehead atoms. The van der Waals surface area contributed by atoms with Crippen molar-refractivity contribution in [2.45, 2.75) is 319 Å². The summed E-state index contributed by atoms with van der Waals surface area (Å²) in [6, 6.07) is -0.955. The number of carbonyl (C=O) groups excluding carboxylic acids is 1. The molecule has 14 nitrogen and oxygen atoms in total. The van der Waals surface area contributed by atoms with Crippen molar-refractivity contribution < 1.29 is 64.6 Å². The third kappa shape index (κ3) is 45.2. The highest BCUT2D eigenvalue weighted by molar-refractivity contribution is 5.76. The molecular weight excluding hydrogens is 1180 g/mol. The number of ether oxygens (including phenoxy) is 4. The molecule has 1 amide bonds. The second-order valence-corrected chi connectivity index (χ2v) is 25.0. The molecule has 2 saturated heterocycles. The van der Waals surface area contributed by atoms with E-state index in [4.69, 9.17) is 18.9 Å². The maximum atomic E-state index is 13.3. The summed E-state index contributed by atoms with van der Waals surface area (Å²) in [6.45, 7) is 2.65. The van der Waals surface area contributed by atoms with Crippen LogP contribution >= 0.6 is 0 Å². The third-order valence-electron chi connectivity index (χ3n) is 16.7. The van der Waals surface area contributed by atoms with Crippen molar-refractivity contribution in [3.63, 3.8) is 0 Å². The predicted octanol–water partition coefficient (Wildman–Crippen LogP) is 15.8. The molecule has 94 heavy (non-hydrogen) atoms. The minimum absolute atomic E-state index is 0.250. The number of aliphatic hydroxyl groups is 8. The van der Waals surface area contributed by atoms with Crippen molar-refractivity contribution in [1.82, 2.24) is 5.32 Å². The number of unbranched alkanes of at least 4 members (excludes halogenated alkanes) is 21. The summed E-state index contributed by atoms with van der Waals surface area (Å²) in [5.41, 5.74) is 0. The highest BCUT2D eigenvalue weighted by atomic mass is 16.7. The molecule has 2 fully saturated rings. The van der Waals surface area contributed by atoms with E-state index in [9.17, 15) is 45.6 Å². The van der Waals surface area contributed by atoms with Gasteiger partial charge in [0.1, 0.15) is 48.8 Å². The van der Waals surface area contributed by atoms with Gasteiger partial charge in [-0.3, -0.25) is 4.79 Å². The van der Waals surface area contributed by atoms with Gasteiger partial charge in [-0.1, -0.05) is 275 Å². The van der Waals surface area contributed by atoms with E-state index in [-0.39, 0.29) is 18.9 Å². The molecule has 12 unspecified atom stereocenters. The topological polar surface area (TPSA) is 228 Å². The molecular formula is C80H131NO13. The fourth-order valence-electron chi connectivity index (χ4n) is 10.9. The first-order valence-corrected chi connectivity index (χ1v) is 36.7. The van der Waals surface area contributed by atoms with Gasteiger partial charge < -0.3 is 65.1 Å². The SMILES string of the molecule is CC/C=C\C/C=C\C/C=C\C/C=C\C/C=C\C/C=C\C/C=C\C/C=C\C/C=C\C/C=C\CCCCCCCCCCC(=O)NC(COC1OC(CO)C(OC2OC(CO)C(O)C(O)C2O)C(O)C1O)C(O)/C=C/CC/C=C/CC/C=C/CCCCCCCCCCCCC. The zero-order valence-corrected chi connectivity index (χ0v) is 58.1. The summed E-state index contributed by atoms with van der Waals surface area (Å²) >= 11 is 0. The Kier molecular flexibility index (Phi) is 56.7. The second-order valence-electron chi connectivity index (χ2n) is 25.0. The Morgan fingerprint density at radius 1 is 0.394 bits per heavy atom. The lowest BCUT2D eigenvalue weighted by molar-refractivity contribution is -0.359. The summed E-state index contributed by atoms with van der Waals surface area (Å²) in [7, 11) is 0. The van der Waals surface area contributed by atoms with Gasteiger partial charge in [0.05, 0.1) is 32.0 Å². The molecule has 2 aliphatic heterocycles. The van der Waals surface area contributed by atoms with Crippen molar-refractivity contribution >= 4 is 5.91 Å². The lowest BCUT2D eigenvalue weighted by atomic mass is 9.97. The van der Waals surface area contributed by atoms with Gasteiger partial charge in [0.15, 0.2) is 12.6 Å². The van der Waals surface area contributed by atoms with Gasteiger partial charge in [-0.05, 0) is 122 Å². The van der Waals surface area contributed by atoms with Gasteiger partial charge in [0, 0.05) is 6.42 Å². The van der Waals surface area contributed by atoms with E-state index < -0.39 is 86.8 Å². The third-order valence-corrected chi connectivity index (χ3v) is 16.7. The van der Waals surface area contributed by atoms with Crippen LogP contribution in [0.3, 0.4) is 0 Å². The Bertz CT molecular complexity index is 2190. The van der Waals surface area contributed by atoms with Crippen molar-refractivity contribution in [2.24, 2.45) is 0 Å². The first kappa shape index (κ1) is 85.7. The smallest absolute Gasteiger partial charge is 0.220 e. The zero-order valence-electron chi connectivity index (χ0n) is 58.1. The molecule has 12 atom stereocenters. The van der Waals surface area contributed by atoms with Crippen LogP contribution < -0.4 is 5.32 Å². The zero-order chi connectivity index (χ0) is 68.0. The van der Waals surface area contributed by atoms with Gasteiger partial charge in [-0.15, -0.1) is 0 Å². The highest BCUT2D eigenvalue weighted by Gasteiger charge is 2.51. The summed E-state index contributed by atoms with van der Waals surface area (Å²) < 4.78 is 22.8. The van der Waals surface area contributed by atoms with E-state index in [1.807, 2.05) is 6.08 Å². The van der Waals surface area contributed by atoms with Crippen LogP contribution in [0.5, 0.6) is 0 Å². The summed E-state index contributed by atoms with van der Waals surface area (Å²) in [6.07, 6.45) is 78.6. The standard InChI is InChI=1S/C80H131NO13/c1-3-5-7-9-11-13-15-17-19-21-23-25-26-27-28-29-30-31-32-33-34-35-36-37-38-39-40-41-42-44-46-48-50-52-54-56-58-60-62-64-72(85)81-68(69(84)63-61-59-57-55-53-51-49-47-45-43-24-22-20-18-16-14-12-10-8-6-4-2)67-91-79-77(90)75(88)78(71(66-83)93-79)94-80-76(89)74(87)73(86)70(65-82)92-80/h5,7,11,13,17,19,23,25,27-28,30-31,33-34,36-37,39-40,42,44-45,47,53,55,61,63,68-71,73-80,82-84,86-90H,3-4,6,8-10,12,14-16,18,20-22,24,26,29,32,35,38,41,43,46,48-52,54,56-60,62,64-67H2,1-2H3,(H,81,85)/b7-5-,13-11-,19-17-,25-23-,28-27-,31-30-,34-33-,37-36-,40-39-,44-42-,47-45+,55-53+,63-61+. The van der Waals surface area contributed by atoms with E-state index in [2.05, 4.69) is 165 Å². The van der Waals surface area contributed by atoms with Crippen LogP contribution in [0.25, 0.3) is 0 Å². The van der Waals surface area contributed by atoms with E-state index in [1.165, 1.54) is 89.9 Å². The van der Waals surface area contributed by atoms with Gasteiger partial charge in [0.25, 0.3) is 0 Å². The molecule has 0 aromatic rings. The van der Waals surface area contributed by atoms with Crippen LogP contribution in [0, 0.1) is 0 Å². The lowest BCUT2D eigenvalue weighted by Crippen LogP contribution is -2.65. The monoisotopic (exact) mass is 1310 g/mol. The number of carbonyl (C=O) groups is 1. The van der Waals surface area contributed by atoms with Crippen molar-refractivity contribution in [3.8, 4) is 0 Å². The molecule has 0 spiro atoms. The van der Waals surface area contributed by atoms with Crippen LogP contribution in [0.1, 0.15) is 245 Å². The summed E-state index contributed by atoms with van der Waals surface area (Å²) in [5.74, 6) is -0.268. The number of aliphatic hydroxyl groups excluding tert-OH is 8. The Hall–Kier alpha value is -4.39. The van der Waals surface area contributed by atoms with Crippen molar-refractivity contribution in [3.05, 3.63) is 158 Å². The van der Waals surface area contributed by atoms with Crippen LogP contribution in [-0.2, 0) is 23.7 Å². The number of hydrogen-bond acceptors (Lipinski definition) is 13. The van der Waals surface area contributed by atoms with E-state index in [0.29, 0.717) is 12.8 Å². The molecule has 0 aromatic carbocycles. The first-order valence-electron chi connectivity index (χ1n) is 36.7. The predicted molar refractivity (Wildman–Crippen MR) is 387 cm³/mol. The van der Waals surface area contributed by atoms with Gasteiger partial charge in [-0.25, -0.2) is 0 Å². The van der Waals surface area contributed by atoms with Crippen LogP contribution in [0.4, 0.5) is 0 Å². The Morgan fingerprint density at radius 3 is 1.17 bits per heavy atom. The van der Waals surface area contributed by atoms with E-state index >= 15 is 0 Å². The van der Waals surface area contributed by atoms with Crippen molar-refractivity contribution in [2.75, 3.05) is 19.8 Å². The molecule has 14 heteroatoms. The lowest BCUT2D eigenvalue weighted by Gasteiger charge is -2.46. The fraction of sp³-hybridized carbons (Fsp3) is 0.662. The van der Waals surface area contributed by atoms with Gasteiger partial charge in [-0.2, -0.15) is 0 Å². The fourth-order valence-corrected chi connectivity index (χ4v) is 10.9. The van der Waals surface area contributed by atoms with Crippen LogP contribution in [0.2, 0.25) is 0 Å². The minimum atomic E-state index is -1.80. The number of rotatable bonds is 58. The van der Waals surface area contributed by atoms with Crippen LogP contribution in [0.15, 0.2) is 158 Å². The normalized spacial score (nSPS) is 23.4. The Labute approximate surface area is 569 Å². The van der Waals surface area contributed by atoms with Gasteiger partial charge >= 0.3 is 0 Å². The van der Waals surface area contributed by atoms with Crippen molar-refractivity contribution in [1.29, 1.82) is 0 Å². The maximum absolute atomic E-state index is 13.3. The molecule has 2 rings (SSSR count). The molecule has 0 saturated carbocycles. The Balaban J connectivity index is 1.67. The minimum Gasteiger partial charge on any atom is -0.394 e. The molecule has 534 valence electrons. The maximum Gasteiger partial charge on any atom is 0.220 e. The molecule has 2 aliphatic rings. The molecule has 2 heterocycles. The highest BCUT2D eigenvalue weighted by Crippen LogP contribution is 2.30. The number of allylic oxidation sites excluding steroid dienone is 25. The largest absolute Gasteiger partial charge is 0.394 e. The quantitative estimate of drug-likeness (QED) is 0.0204. The average Bonchev–Trinajstić information content (AvgIpc) is 0.794. The van der Waals surface area contributed by atoms with E-state index in [0.717, 1.165) is 122 Å². The molecule has 0 aliphatic carbocycles. The number of amides is 1. The molecule has 0 radical (unpaired) electrons. The molecule has 9 N–H and O–H groups in total.